The molecule has 0 saturated heterocycles. The lowest BCUT2D eigenvalue weighted by atomic mass is 9.84. The molecule has 4 atom stereocenters. The number of esters is 1. The summed E-state index contributed by atoms with van der Waals surface area (Å²) < 4.78 is 5.61. The lowest BCUT2D eigenvalue weighted by Crippen LogP contribution is -2.26. The molecule has 0 heterocycles. The molecule has 0 amide bonds. The van der Waals surface area contributed by atoms with Crippen molar-refractivity contribution < 1.29 is 9.53 Å². The van der Waals surface area contributed by atoms with E-state index in [2.05, 4.69) is 6.08 Å². The summed E-state index contributed by atoms with van der Waals surface area (Å²) in [5.41, 5.74) is 1.55. The van der Waals surface area contributed by atoms with Crippen LogP contribution in [0.5, 0.6) is 5.75 Å². The van der Waals surface area contributed by atoms with E-state index in [4.69, 9.17) is 4.74 Å². The SMILES string of the molecule is O=C(Oc1ccccc1)[C@H]1[C@@H]2C3=C[C@H]1C[C@H]2CCCC3. The number of allylic oxidation sites excluding steroid dienone is 2. The zero-order valence-electron chi connectivity index (χ0n) is 11.6. The van der Waals surface area contributed by atoms with E-state index in [0.29, 0.717) is 17.6 Å². The molecule has 0 radical (unpaired) electrons. The van der Waals surface area contributed by atoms with Gasteiger partial charge in [0.2, 0.25) is 0 Å². The fourth-order valence-electron chi connectivity index (χ4n) is 4.57. The lowest BCUT2D eigenvalue weighted by Gasteiger charge is -2.21. The van der Waals surface area contributed by atoms with Crippen LogP contribution in [0.3, 0.4) is 0 Å². The molecule has 0 spiro atoms. The van der Waals surface area contributed by atoms with Crippen molar-refractivity contribution in [3.8, 4) is 5.75 Å². The molecule has 104 valence electrons. The van der Waals surface area contributed by atoms with E-state index in [0.717, 1.165) is 5.92 Å². The third-order valence-electron chi connectivity index (χ3n) is 5.31. The molecule has 0 aromatic heterocycles. The van der Waals surface area contributed by atoms with Crippen LogP contribution in [0.4, 0.5) is 0 Å². The average molecular weight is 268 g/mol. The second-order valence-electron chi connectivity index (χ2n) is 6.43. The molecule has 2 saturated carbocycles. The largest absolute Gasteiger partial charge is 0.426 e. The maximum absolute atomic E-state index is 12.6. The zero-order chi connectivity index (χ0) is 13.5. The summed E-state index contributed by atoms with van der Waals surface area (Å²) in [6, 6.07) is 9.48. The number of ether oxygens (including phenoxy) is 1. The molecule has 1 aromatic carbocycles. The van der Waals surface area contributed by atoms with Gasteiger partial charge in [-0.15, -0.1) is 0 Å². The Balaban J connectivity index is 1.54. The molecule has 3 aliphatic rings. The number of rotatable bonds is 2. The van der Waals surface area contributed by atoms with E-state index < -0.39 is 0 Å². The molecule has 3 aliphatic carbocycles. The molecule has 4 rings (SSSR count). The molecule has 20 heavy (non-hydrogen) atoms. The van der Waals surface area contributed by atoms with Crippen LogP contribution in [0.15, 0.2) is 42.0 Å². The molecule has 2 nitrogen and oxygen atoms in total. The van der Waals surface area contributed by atoms with Crippen LogP contribution < -0.4 is 4.74 Å². The second-order valence-corrected chi connectivity index (χ2v) is 6.43. The number of benzene rings is 1. The quantitative estimate of drug-likeness (QED) is 0.461. The molecular weight excluding hydrogens is 248 g/mol. The van der Waals surface area contributed by atoms with Gasteiger partial charge in [0, 0.05) is 0 Å². The van der Waals surface area contributed by atoms with Crippen molar-refractivity contribution >= 4 is 5.97 Å². The highest BCUT2D eigenvalue weighted by Gasteiger charge is 2.52. The Hall–Kier alpha value is -1.57. The first-order valence-corrected chi connectivity index (χ1v) is 7.80. The van der Waals surface area contributed by atoms with Crippen LogP contribution in [0.2, 0.25) is 0 Å². The van der Waals surface area contributed by atoms with E-state index in [1.54, 1.807) is 5.57 Å². The fourth-order valence-corrected chi connectivity index (χ4v) is 4.57. The van der Waals surface area contributed by atoms with Crippen LogP contribution in [-0.4, -0.2) is 5.97 Å². The summed E-state index contributed by atoms with van der Waals surface area (Å²) in [7, 11) is 0. The van der Waals surface area contributed by atoms with Crippen molar-refractivity contribution in [1.29, 1.82) is 0 Å². The topological polar surface area (TPSA) is 26.3 Å². The maximum atomic E-state index is 12.6. The van der Waals surface area contributed by atoms with E-state index in [1.165, 1.54) is 32.1 Å². The van der Waals surface area contributed by atoms with Gasteiger partial charge in [-0.1, -0.05) is 36.3 Å². The van der Waals surface area contributed by atoms with Crippen molar-refractivity contribution in [3.63, 3.8) is 0 Å². The van der Waals surface area contributed by atoms with Gasteiger partial charge in [0.25, 0.3) is 0 Å². The van der Waals surface area contributed by atoms with Crippen molar-refractivity contribution in [2.45, 2.75) is 32.1 Å². The number of hydrogen-bond acceptors (Lipinski definition) is 2. The minimum absolute atomic E-state index is 0.0122. The summed E-state index contributed by atoms with van der Waals surface area (Å²) in [5.74, 6) is 2.41. The third kappa shape index (κ3) is 1.90. The minimum Gasteiger partial charge on any atom is -0.426 e. The Labute approximate surface area is 119 Å². The van der Waals surface area contributed by atoms with Crippen molar-refractivity contribution in [3.05, 3.63) is 42.0 Å². The summed E-state index contributed by atoms with van der Waals surface area (Å²) in [6.45, 7) is 0. The summed E-state index contributed by atoms with van der Waals surface area (Å²) in [4.78, 5) is 12.6. The Kier molecular flexibility index (Phi) is 2.90. The second kappa shape index (κ2) is 4.76. The van der Waals surface area contributed by atoms with Crippen LogP contribution in [0, 0.1) is 23.7 Å². The van der Waals surface area contributed by atoms with E-state index >= 15 is 0 Å². The Morgan fingerprint density at radius 2 is 2.00 bits per heavy atom. The Bertz CT molecular complexity index is 546. The first-order chi connectivity index (χ1) is 9.83. The number of fused-ring (bicyclic) bond motifs is 1. The molecule has 2 heteroatoms. The number of hydrogen-bond donors (Lipinski definition) is 0. The lowest BCUT2D eigenvalue weighted by molar-refractivity contribution is -0.140. The van der Waals surface area contributed by atoms with Crippen LogP contribution in [0.1, 0.15) is 32.1 Å². The minimum atomic E-state index is -0.0122. The van der Waals surface area contributed by atoms with E-state index in [1.807, 2.05) is 30.3 Å². The predicted octanol–water partition coefficient (Wildman–Crippen LogP) is 3.97. The standard InChI is InChI=1S/C18H20O2/c19-18(20-15-8-2-1-3-9-15)17-14-10-12-6-4-5-7-13(11-14)16(12)17/h1-3,8-10,13-14,16-17H,4-7,11H2/t13-,14+,16-,17-/m1/s1. The maximum Gasteiger partial charge on any atom is 0.315 e. The highest BCUT2D eigenvalue weighted by Crippen LogP contribution is 2.56. The third-order valence-corrected chi connectivity index (χ3v) is 5.31. The summed E-state index contributed by atoms with van der Waals surface area (Å²) in [5, 5.41) is 0. The van der Waals surface area contributed by atoms with E-state index in [-0.39, 0.29) is 11.9 Å². The van der Waals surface area contributed by atoms with E-state index in [9.17, 15) is 4.79 Å². The van der Waals surface area contributed by atoms with Gasteiger partial charge in [0.1, 0.15) is 5.75 Å². The highest BCUT2D eigenvalue weighted by atomic mass is 16.5. The van der Waals surface area contributed by atoms with Crippen molar-refractivity contribution in [2.24, 2.45) is 23.7 Å². The van der Waals surface area contributed by atoms with Gasteiger partial charge >= 0.3 is 5.97 Å². The monoisotopic (exact) mass is 268 g/mol. The first kappa shape index (κ1) is 12.2. The molecule has 0 N–H and O–H groups in total. The number of para-hydroxylation sites is 1. The first-order valence-electron chi connectivity index (χ1n) is 7.80. The van der Waals surface area contributed by atoms with Gasteiger partial charge < -0.3 is 4.74 Å². The van der Waals surface area contributed by atoms with Gasteiger partial charge in [0.15, 0.2) is 0 Å². The Morgan fingerprint density at radius 1 is 1.15 bits per heavy atom. The molecular formula is C18H20O2. The predicted molar refractivity (Wildman–Crippen MR) is 77.2 cm³/mol. The van der Waals surface area contributed by atoms with Gasteiger partial charge in [-0.05, 0) is 55.6 Å². The fraction of sp³-hybridized carbons (Fsp3) is 0.500. The van der Waals surface area contributed by atoms with Crippen molar-refractivity contribution in [2.75, 3.05) is 0 Å². The van der Waals surface area contributed by atoms with Gasteiger partial charge in [-0.2, -0.15) is 0 Å². The average Bonchev–Trinajstić information content (AvgIpc) is 2.96. The molecule has 1 aromatic rings. The van der Waals surface area contributed by atoms with Crippen LogP contribution in [0.25, 0.3) is 0 Å². The molecule has 2 bridgehead atoms. The van der Waals surface area contributed by atoms with Crippen LogP contribution >= 0.6 is 0 Å². The summed E-state index contributed by atoms with van der Waals surface area (Å²) in [6.07, 6.45) is 8.71. The highest BCUT2D eigenvalue weighted by molar-refractivity contribution is 5.78. The molecule has 2 fully saturated rings. The molecule has 0 aliphatic heterocycles. The number of carbonyl (C=O) groups is 1. The number of carbonyl (C=O) groups excluding carboxylic acids is 1. The van der Waals surface area contributed by atoms with Gasteiger partial charge in [0.05, 0.1) is 5.92 Å². The van der Waals surface area contributed by atoms with Gasteiger partial charge in [-0.3, -0.25) is 4.79 Å². The van der Waals surface area contributed by atoms with Gasteiger partial charge in [-0.25, -0.2) is 0 Å². The van der Waals surface area contributed by atoms with Crippen LogP contribution in [-0.2, 0) is 4.79 Å². The zero-order valence-corrected chi connectivity index (χ0v) is 11.6. The Morgan fingerprint density at radius 3 is 2.85 bits per heavy atom. The molecule has 0 unspecified atom stereocenters. The normalized spacial score (nSPS) is 34.5. The van der Waals surface area contributed by atoms with Crippen molar-refractivity contribution in [1.82, 2.24) is 0 Å². The summed E-state index contributed by atoms with van der Waals surface area (Å²) >= 11 is 0. The smallest absolute Gasteiger partial charge is 0.315 e.